The summed E-state index contributed by atoms with van der Waals surface area (Å²) in [6.07, 6.45) is 2.22. The van der Waals surface area contributed by atoms with Crippen LogP contribution in [0, 0.1) is 0 Å². The van der Waals surface area contributed by atoms with Gasteiger partial charge in [-0.25, -0.2) is 0 Å². The number of para-hydroxylation sites is 1. The minimum Gasteiger partial charge on any atom is -1.00 e. The topological polar surface area (TPSA) is 9.23 Å². The van der Waals surface area contributed by atoms with E-state index in [1.807, 2.05) is 12.1 Å². The van der Waals surface area contributed by atoms with Crippen LogP contribution in [-0.2, 0) is 0 Å². The van der Waals surface area contributed by atoms with Gasteiger partial charge in [0.15, 0.2) is 0 Å². The summed E-state index contributed by atoms with van der Waals surface area (Å²) < 4.78 is 5.59. The Kier molecular flexibility index (Phi) is 7.84. The molecule has 0 aromatic heterocycles. The fourth-order valence-electron chi connectivity index (χ4n) is 3.69. The average molecular weight is 522 g/mol. The van der Waals surface area contributed by atoms with Gasteiger partial charge in [-0.05, 0) is 48.5 Å². The molecule has 0 saturated carbocycles. The second-order valence-electron chi connectivity index (χ2n) is 6.79. The zero-order valence-electron chi connectivity index (χ0n) is 16.9. The van der Waals surface area contributed by atoms with Gasteiger partial charge in [0.1, 0.15) is 28.9 Å². The SMILES string of the molecule is COc1ccccc1C=C[P+](c1ccccc1)(c1ccccc1)c1ccccc1.[I-]. The molecule has 0 N–H and O–H groups in total. The Hall–Kier alpha value is -2.42. The van der Waals surface area contributed by atoms with E-state index in [1.54, 1.807) is 7.11 Å². The average Bonchev–Trinajstić information content (AvgIpc) is 2.82. The van der Waals surface area contributed by atoms with E-state index in [1.165, 1.54) is 15.9 Å². The zero-order valence-corrected chi connectivity index (χ0v) is 19.9. The van der Waals surface area contributed by atoms with Crippen LogP contribution in [0.5, 0.6) is 5.75 Å². The normalized spacial score (nSPS) is 11.1. The van der Waals surface area contributed by atoms with Crippen molar-refractivity contribution < 1.29 is 28.7 Å². The molecule has 4 aromatic carbocycles. The summed E-state index contributed by atoms with van der Waals surface area (Å²) >= 11 is 0. The Labute approximate surface area is 196 Å². The van der Waals surface area contributed by atoms with Crippen molar-refractivity contribution in [3.8, 4) is 5.75 Å². The van der Waals surface area contributed by atoms with Gasteiger partial charge in [0.05, 0.1) is 12.9 Å². The van der Waals surface area contributed by atoms with Gasteiger partial charge in [-0.1, -0.05) is 72.8 Å². The fraction of sp³-hybridized carbons (Fsp3) is 0.0370. The highest BCUT2D eigenvalue weighted by Crippen LogP contribution is 2.57. The van der Waals surface area contributed by atoms with Gasteiger partial charge in [0, 0.05) is 5.56 Å². The molecular formula is C27H24IOP. The number of ether oxygens (including phenoxy) is 1. The molecule has 0 spiro atoms. The predicted molar refractivity (Wildman–Crippen MR) is 127 cm³/mol. The molecule has 0 fully saturated rings. The van der Waals surface area contributed by atoms with Crippen LogP contribution in [0.15, 0.2) is 121 Å². The van der Waals surface area contributed by atoms with Crippen molar-refractivity contribution in [2.75, 3.05) is 7.11 Å². The second-order valence-corrected chi connectivity index (χ2v) is 10.1. The lowest BCUT2D eigenvalue weighted by molar-refractivity contribution is -0.00000584. The monoisotopic (exact) mass is 522 g/mol. The molecule has 30 heavy (non-hydrogen) atoms. The summed E-state index contributed by atoms with van der Waals surface area (Å²) in [6, 6.07) is 40.7. The fourth-order valence-corrected chi connectivity index (χ4v) is 7.41. The summed E-state index contributed by atoms with van der Waals surface area (Å²) in [5.41, 5.74) is 1.09. The lowest BCUT2D eigenvalue weighted by Gasteiger charge is -2.24. The maximum Gasteiger partial charge on any atom is 0.136 e. The minimum atomic E-state index is -1.99. The molecule has 4 rings (SSSR count). The zero-order chi connectivity index (χ0) is 19.9. The first kappa shape index (κ1) is 22.3. The molecule has 0 aliphatic heterocycles. The van der Waals surface area contributed by atoms with E-state index in [0.29, 0.717) is 0 Å². The van der Waals surface area contributed by atoms with Crippen molar-refractivity contribution in [1.29, 1.82) is 0 Å². The third kappa shape index (κ3) is 4.50. The van der Waals surface area contributed by atoms with Crippen LogP contribution in [-0.4, -0.2) is 7.11 Å². The summed E-state index contributed by atoms with van der Waals surface area (Å²) in [5, 5.41) is 4.01. The standard InChI is InChI=1S/C27H24OP.HI/c1-28-27-20-12-11-13-23(27)21-22-29(24-14-5-2-6-15-24,25-16-7-3-8-17-25)26-18-9-4-10-19-26;/h2-22H,1H3;1H/q+1;/p-1. The van der Waals surface area contributed by atoms with E-state index in [-0.39, 0.29) is 24.0 Å². The maximum absolute atomic E-state index is 5.59. The molecule has 0 bridgehead atoms. The Morgan fingerprint density at radius 1 is 0.567 bits per heavy atom. The number of hydrogen-bond donors (Lipinski definition) is 0. The minimum absolute atomic E-state index is 0. The highest BCUT2D eigenvalue weighted by molar-refractivity contribution is 7.98. The Morgan fingerprint density at radius 2 is 0.967 bits per heavy atom. The van der Waals surface area contributed by atoms with Gasteiger partial charge in [-0.2, -0.15) is 0 Å². The van der Waals surface area contributed by atoms with Crippen molar-refractivity contribution in [3.05, 3.63) is 127 Å². The van der Waals surface area contributed by atoms with Crippen LogP contribution in [0.4, 0.5) is 0 Å². The molecule has 0 heterocycles. The maximum atomic E-state index is 5.59. The number of methoxy groups -OCH3 is 1. The van der Waals surface area contributed by atoms with Crippen LogP contribution in [0.3, 0.4) is 0 Å². The molecule has 0 unspecified atom stereocenters. The molecule has 0 amide bonds. The number of rotatable bonds is 6. The molecule has 0 radical (unpaired) electrons. The first-order chi connectivity index (χ1) is 14.3. The third-order valence-electron chi connectivity index (χ3n) is 5.11. The first-order valence-corrected chi connectivity index (χ1v) is 11.6. The van der Waals surface area contributed by atoms with E-state index in [0.717, 1.165) is 11.3 Å². The number of halogens is 1. The summed E-state index contributed by atoms with van der Waals surface area (Å²) in [7, 11) is -0.262. The van der Waals surface area contributed by atoms with Gasteiger partial charge in [-0.3, -0.25) is 0 Å². The van der Waals surface area contributed by atoms with Gasteiger partial charge in [0.2, 0.25) is 0 Å². The molecule has 0 aliphatic carbocycles. The molecule has 0 saturated heterocycles. The van der Waals surface area contributed by atoms with Gasteiger partial charge in [0.25, 0.3) is 0 Å². The highest BCUT2D eigenvalue weighted by Gasteiger charge is 2.43. The van der Waals surface area contributed by atoms with Crippen molar-refractivity contribution in [2.45, 2.75) is 0 Å². The van der Waals surface area contributed by atoms with Crippen molar-refractivity contribution >= 4 is 29.3 Å². The lowest BCUT2D eigenvalue weighted by Crippen LogP contribution is -3.00. The van der Waals surface area contributed by atoms with Crippen molar-refractivity contribution in [1.82, 2.24) is 0 Å². The lowest BCUT2D eigenvalue weighted by atomic mass is 10.2. The Balaban J connectivity index is 0.00000256. The second kappa shape index (κ2) is 10.6. The van der Waals surface area contributed by atoms with Gasteiger partial charge >= 0.3 is 0 Å². The summed E-state index contributed by atoms with van der Waals surface area (Å²) in [5.74, 6) is 3.29. The first-order valence-electron chi connectivity index (χ1n) is 9.72. The smallest absolute Gasteiger partial charge is 0.136 e. The quantitative estimate of drug-likeness (QED) is 0.280. The van der Waals surface area contributed by atoms with E-state index in [9.17, 15) is 0 Å². The summed E-state index contributed by atoms with van der Waals surface area (Å²) in [6.45, 7) is 0. The number of hydrogen-bond acceptors (Lipinski definition) is 1. The Bertz CT molecular complexity index is 983. The van der Waals surface area contributed by atoms with Gasteiger partial charge < -0.3 is 28.7 Å². The molecule has 150 valence electrons. The van der Waals surface area contributed by atoms with E-state index < -0.39 is 7.26 Å². The van der Waals surface area contributed by atoms with E-state index in [4.69, 9.17) is 4.74 Å². The molecule has 4 aromatic rings. The van der Waals surface area contributed by atoms with Crippen LogP contribution >= 0.6 is 7.26 Å². The summed E-state index contributed by atoms with van der Waals surface area (Å²) in [4.78, 5) is 0. The molecule has 3 heteroatoms. The molecule has 0 aliphatic rings. The van der Waals surface area contributed by atoms with Crippen molar-refractivity contribution in [3.63, 3.8) is 0 Å². The predicted octanol–water partition coefficient (Wildman–Crippen LogP) is 2.66. The van der Waals surface area contributed by atoms with Crippen LogP contribution < -0.4 is 44.6 Å². The van der Waals surface area contributed by atoms with Crippen LogP contribution in [0.1, 0.15) is 5.56 Å². The molecular weight excluding hydrogens is 498 g/mol. The van der Waals surface area contributed by atoms with E-state index in [2.05, 4.69) is 115 Å². The van der Waals surface area contributed by atoms with E-state index >= 15 is 0 Å². The van der Waals surface area contributed by atoms with Crippen LogP contribution in [0.25, 0.3) is 6.08 Å². The molecule has 1 nitrogen and oxygen atoms in total. The Morgan fingerprint density at radius 3 is 1.40 bits per heavy atom. The van der Waals surface area contributed by atoms with Crippen molar-refractivity contribution in [2.24, 2.45) is 0 Å². The number of benzene rings is 4. The third-order valence-corrected chi connectivity index (χ3v) is 9.04. The molecule has 0 atom stereocenters. The highest BCUT2D eigenvalue weighted by atomic mass is 127. The van der Waals surface area contributed by atoms with Gasteiger partial charge in [-0.15, -0.1) is 0 Å². The van der Waals surface area contributed by atoms with Crippen LogP contribution in [0.2, 0.25) is 0 Å². The largest absolute Gasteiger partial charge is 1.00 e.